The van der Waals surface area contributed by atoms with E-state index in [0.717, 1.165) is 17.9 Å². The summed E-state index contributed by atoms with van der Waals surface area (Å²) in [4.78, 5) is 4.47. The summed E-state index contributed by atoms with van der Waals surface area (Å²) in [6, 6.07) is 21.0. The predicted molar refractivity (Wildman–Crippen MR) is 94.9 cm³/mol. The number of H-pyrrole nitrogens is 1. The Morgan fingerprint density at radius 2 is 1.86 bits per heavy atom. The summed E-state index contributed by atoms with van der Waals surface area (Å²) in [5, 5.41) is 3.20. The van der Waals surface area contributed by atoms with Crippen LogP contribution in [0.15, 0.2) is 71.8 Å². The van der Waals surface area contributed by atoms with E-state index in [0.29, 0.717) is 0 Å². The number of nitrogens with one attached hydrogen (secondary N) is 3. The fourth-order valence-electron chi connectivity index (χ4n) is 2.33. The third-order valence-corrected chi connectivity index (χ3v) is 4.20. The summed E-state index contributed by atoms with van der Waals surface area (Å²) in [7, 11) is 1.96. The molecule has 0 aliphatic rings. The number of hydrogen-bond donors (Lipinski definition) is 3. The van der Waals surface area contributed by atoms with E-state index in [1.54, 1.807) is 11.9 Å². The zero-order chi connectivity index (χ0) is 15.2. The fraction of sp³-hybridized carbons (Fsp3) is 0.111. The lowest BCUT2D eigenvalue weighted by Gasteiger charge is -2.13. The molecule has 0 saturated carbocycles. The maximum Gasteiger partial charge on any atom is 0.0540 e. The minimum Gasteiger partial charge on any atom is -0.361 e. The summed E-state index contributed by atoms with van der Waals surface area (Å²) in [6.07, 6.45) is 1.95. The Balaban J connectivity index is 1.87. The smallest absolute Gasteiger partial charge is 0.0540 e. The second-order valence-electron chi connectivity index (χ2n) is 5.01. The van der Waals surface area contributed by atoms with E-state index in [1.807, 2.05) is 37.5 Å². The van der Waals surface area contributed by atoms with Crippen LogP contribution in [0.2, 0.25) is 0 Å². The Bertz CT molecular complexity index is 708. The van der Waals surface area contributed by atoms with E-state index >= 15 is 0 Å². The third kappa shape index (κ3) is 3.53. The molecular formula is C18H19N3S. The molecule has 1 aromatic heterocycles. The van der Waals surface area contributed by atoms with Crippen LogP contribution in [0, 0.1) is 0 Å². The lowest BCUT2D eigenvalue weighted by Crippen LogP contribution is -2.05. The molecule has 0 atom stereocenters. The molecule has 0 radical (unpaired) electrons. The first-order chi connectivity index (χ1) is 10.9. The molecule has 0 bridgehead atoms. The van der Waals surface area contributed by atoms with E-state index in [1.165, 1.54) is 16.0 Å². The largest absolute Gasteiger partial charge is 0.361 e. The van der Waals surface area contributed by atoms with Crippen molar-refractivity contribution in [2.45, 2.75) is 11.4 Å². The van der Waals surface area contributed by atoms with Crippen molar-refractivity contribution in [2.75, 3.05) is 11.8 Å². The highest BCUT2D eigenvalue weighted by molar-refractivity contribution is 8.00. The van der Waals surface area contributed by atoms with Gasteiger partial charge in [0.25, 0.3) is 0 Å². The molecule has 3 rings (SSSR count). The molecule has 3 aromatic rings. The Labute approximate surface area is 135 Å². The first-order valence-electron chi connectivity index (χ1n) is 7.26. The van der Waals surface area contributed by atoms with Gasteiger partial charge in [-0.15, -0.1) is 0 Å². The zero-order valence-electron chi connectivity index (χ0n) is 12.5. The van der Waals surface area contributed by atoms with E-state index < -0.39 is 0 Å². The molecule has 3 nitrogen and oxygen atoms in total. The minimum atomic E-state index is 0.857. The van der Waals surface area contributed by atoms with E-state index in [9.17, 15) is 0 Å². The molecule has 2 aromatic carbocycles. The molecule has 0 saturated heterocycles. The molecule has 0 spiro atoms. The van der Waals surface area contributed by atoms with Crippen molar-refractivity contribution in [2.24, 2.45) is 0 Å². The highest BCUT2D eigenvalue weighted by Crippen LogP contribution is 2.31. The summed E-state index contributed by atoms with van der Waals surface area (Å²) in [6.45, 7) is 0.857. The van der Waals surface area contributed by atoms with Gasteiger partial charge in [-0.25, -0.2) is 0 Å². The van der Waals surface area contributed by atoms with Crippen LogP contribution in [-0.4, -0.2) is 12.0 Å². The van der Waals surface area contributed by atoms with Crippen LogP contribution in [0.4, 0.5) is 5.69 Å². The number of benzene rings is 2. The number of rotatable bonds is 6. The van der Waals surface area contributed by atoms with Crippen LogP contribution in [0.3, 0.4) is 0 Å². The van der Waals surface area contributed by atoms with Crippen LogP contribution >= 0.6 is 11.9 Å². The van der Waals surface area contributed by atoms with Crippen LogP contribution < -0.4 is 10.0 Å². The van der Waals surface area contributed by atoms with E-state index in [4.69, 9.17) is 0 Å². The number of aromatic amines is 1. The lowest BCUT2D eigenvalue weighted by molar-refractivity contribution is 0.818. The van der Waals surface area contributed by atoms with Gasteiger partial charge in [0.1, 0.15) is 0 Å². The quantitative estimate of drug-likeness (QED) is 0.586. The Hall–Kier alpha value is -2.17. The van der Waals surface area contributed by atoms with Gasteiger partial charge in [-0.05, 0) is 54.9 Å². The van der Waals surface area contributed by atoms with Gasteiger partial charge >= 0.3 is 0 Å². The highest BCUT2D eigenvalue weighted by Gasteiger charge is 2.07. The van der Waals surface area contributed by atoms with Gasteiger partial charge in [0.2, 0.25) is 0 Å². The summed E-state index contributed by atoms with van der Waals surface area (Å²) in [5.74, 6) is 0. The SMILES string of the molecule is CNCc1ccc(-c2ccc[nH]2)c(NSc2ccccc2)c1. The van der Waals surface area contributed by atoms with Crippen molar-refractivity contribution in [3.63, 3.8) is 0 Å². The molecule has 0 amide bonds. The van der Waals surface area contributed by atoms with Crippen molar-refractivity contribution >= 4 is 17.6 Å². The maximum atomic E-state index is 3.49. The average molecular weight is 309 g/mol. The van der Waals surface area contributed by atoms with Crippen molar-refractivity contribution in [1.29, 1.82) is 0 Å². The molecule has 3 N–H and O–H groups in total. The summed E-state index contributed by atoms with van der Waals surface area (Å²) >= 11 is 1.63. The second kappa shape index (κ2) is 7.20. The summed E-state index contributed by atoms with van der Waals surface area (Å²) in [5.41, 5.74) is 4.67. The van der Waals surface area contributed by atoms with Gasteiger partial charge < -0.3 is 15.0 Å². The van der Waals surface area contributed by atoms with Gasteiger partial charge in [0.05, 0.1) is 5.69 Å². The van der Waals surface area contributed by atoms with Crippen LogP contribution in [0.25, 0.3) is 11.3 Å². The van der Waals surface area contributed by atoms with Gasteiger partial charge in [0, 0.05) is 28.9 Å². The Kier molecular flexibility index (Phi) is 4.83. The van der Waals surface area contributed by atoms with Crippen LogP contribution in [-0.2, 0) is 6.54 Å². The van der Waals surface area contributed by atoms with Crippen molar-refractivity contribution in [1.82, 2.24) is 10.3 Å². The second-order valence-corrected chi connectivity index (χ2v) is 5.89. The van der Waals surface area contributed by atoms with Gasteiger partial charge in [-0.2, -0.15) is 0 Å². The predicted octanol–water partition coefficient (Wildman–Crippen LogP) is 4.52. The molecule has 1 heterocycles. The topological polar surface area (TPSA) is 39.9 Å². The van der Waals surface area contributed by atoms with Crippen molar-refractivity contribution in [3.8, 4) is 11.3 Å². The standard InChI is InChI=1S/C18H19N3S/c1-19-13-14-9-10-16(17-8-5-11-20-17)18(12-14)21-22-15-6-3-2-4-7-15/h2-12,19-21H,13H2,1H3. The molecule has 0 unspecified atom stereocenters. The van der Waals surface area contributed by atoms with Crippen molar-refractivity contribution < 1.29 is 0 Å². The Morgan fingerprint density at radius 1 is 1.00 bits per heavy atom. The average Bonchev–Trinajstić information content (AvgIpc) is 3.09. The summed E-state index contributed by atoms with van der Waals surface area (Å²) < 4.78 is 3.49. The number of anilines is 1. The van der Waals surface area contributed by atoms with Gasteiger partial charge in [-0.3, -0.25) is 0 Å². The number of aromatic nitrogens is 1. The fourth-order valence-corrected chi connectivity index (χ4v) is 3.02. The normalized spacial score (nSPS) is 10.6. The third-order valence-electron chi connectivity index (χ3n) is 3.38. The molecule has 112 valence electrons. The Morgan fingerprint density at radius 3 is 2.59 bits per heavy atom. The van der Waals surface area contributed by atoms with Crippen molar-refractivity contribution in [3.05, 3.63) is 72.4 Å². The van der Waals surface area contributed by atoms with E-state index in [-0.39, 0.29) is 0 Å². The molecule has 0 aliphatic carbocycles. The first kappa shape index (κ1) is 14.8. The van der Waals surface area contributed by atoms with Crippen LogP contribution in [0.1, 0.15) is 5.56 Å². The van der Waals surface area contributed by atoms with Gasteiger partial charge in [0.15, 0.2) is 0 Å². The molecule has 22 heavy (non-hydrogen) atoms. The minimum absolute atomic E-state index is 0.857. The number of hydrogen-bond acceptors (Lipinski definition) is 3. The molecule has 4 heteroatoms. The highest BCUT2D eigenvalue weighted by atomic mass is 32.2. The van der Waals surface area contributed by atoms with Gasteiger partial charge in [-0.1, -0.05) is 30.3 Å². The first-order valence-corrected chi connectivity index (χ1v) is 8.07. The van der Waals surface area contributed by atoms with Crippen LogP contribution in [0.5, 0.6) is 0 Å². The molecule has 0 fully saturated rings. The monoisotopic (exact) mass is 309 g/mol. The zero-order valence-corrected chi connectivity index (χ0v) is 13.3. The lowest BCUT2D eigenvalue weighted by atomic mass is 10.1. The van der Waals surface area contributed by atoms with E-state index in [2.05, 4.69) is 51.4 Å². The maximum absolute atomic E-state index is 3.49. The molecule has 0 aliphatic heterocycles. The molecular weight excluding hydrogens is 290 g/mol.